The first-order chi connectivity index (χ1) is 3.80. The van der Waals surface area contributed by atoms with Crippen LogP contribution in [0.2, 0.25) is 13.6 Å². The lowest BCUT2D eigenvalue weighted by Crippen LogP contribution is -2.19. The number of H-pyrrole nitrogens is 1. The zero-order valence-electron chi connectivity index (χ0n) is 5.18. The van der Waals surface area contributed by atoms with Gasteiger partial charge in [-0.1, -0.05) is 13.6 Å². The van der Waals surface area contributed by atoms with Gasteiger partial charge in [-0.05, 0) is 5.46 Å². The fourth-order valence-corrected chi connectivity index (χ4v) is 0.577. The van der Waals surface area contributed by atoms with E-state index in [-0.39, 0.29) is 0 Å². The van der Waals surface area contributed by atoms with Crippen molar-refractivity contribution < 1.29 is 0 Å². The Bertz CT molecular complexity index is 145. The van der Waals surface area contributed by atoms with Crippen LogP contribution in [0.4, 0.5) is 0 Å². The van der Waals surface area contributed by atoms with E-state index in [1.54, 1.807) is 0 Å². The van der Waals surface area contributed by atoms with Crippen molar-refractivity contribution in [3.63, 3.8) is 0 Å². The van der Waals surface area contributed by atoms with E-state index in [9.17, 15) is 0 Å². The molecule has 0 aliphatic rings. The van der Waals surface area contributed by atoms with Gasteiger partial charge >= 0.3 is 0 Å². The fourth-order valence-electron chi connectivity index (χ4n) is 0.577. The molecule has 0 unspecified atom stereocenters. The van der Waals surface area contributed by atoms with Crippen LogP contribution in [0, 0.1) is 0 Å². The Balaban J connectivity index is 2.77. The molecule has 0 aromatic carbocycles. The smallest absolute Gasteiger partial charge is 0.173 e. The Kier molecular flexibility index (Phi) is 1.37. The fraction of sp³-hybridized carbons (Fsp3) is 0.400. The van der Waals surface area contributed by atoms with Crippen LogP contribution in [0.25, 0.3) is 0 Å². The summed E-state index contributed by atoms with van der Waals surface area (Å²) in [5.74, 6) is 0. The number of hydrogen-bond donors (Lipinski definition) is 1. The van der Waals surface area contributed by atoms with Crippen LogP contribution in [0.5, 0.6) is 0 Å². The van der Waals surface area contributed by atoms with E-state index in [0.717, 1.165) is 0 Å². The van der Waals surface area contributed by atoms with E-state index in [1.807, 2.05) is 12.4 Å². The van der Waals surface area contributed by atoms with Crippen LogP contribution in [0.3, 0.4) is 0 Å². The van der Waals surface area contributed by atoms with Gasteiger partial charge in [-0.2, -0.15) is 5.10 Å². The molecule has 1 aromatic heterocycles. The quantitative estimate of drug-likeness (QED) is 0.517. The van der Waals surface area contributed by atoms with Gasteiger partial charge in [0.05, 0.1) is 0 Å². The molecule has 1 N–H and O–H groups in total. The molecule has 2 nitrogen and oxygen atoms in total. The Labute approximate surface area is 49.4 Å². The van der Waals surface area contributed by atoms with E-state index in [0.29, 0.717) is 6.71 Å². The highest BCUT2D eigenvalue weighted by Gasteiger charge is 2.00. The summed E-state index contributed by atoms with van der Waals surface area (Å²) >= 11 is 0. The van der Waals surface area contributed by atoms with Crippen LogP contribution in [0.1, 0.15) is 0 Å². The van der Waals surface area contributed by atoms with E-state index in [1.165, 1.54) is 5.46 Å². The third kappa shape index (κ3) is 0.913. The van der Waals surface area contributed by atoms with Crippen molar-refractivity contribution in [3.05, 3.63) is 12.4 Å². The van der Waals surface area contributed by atoms with Crippen molar-refractivity contribution in [1.82, 2.24) is 10.2 Å². The number of hydrogen-bond acceptors (Lipinski definition) is 1. The molecule has 0 saturated heterocycles. The van der Waals surface area contributed by atoms with Crippen molar-refractivity contribution in [2.45, 2.75) is 13.6 Å². The SMILES string of the molecule is CB(C)c1cn[nH]c1. The van der Waals surface area contributed by atoms with Crippen molar-refractivity contribution in [2.75, 3.05) is 0 Å². The van der Waals surface area contributed by atoms with Gasteiger partial charge < -0.3 is 0 Å². The van der Waals surface area contributed by atoms with Gasteiger partial charge in [0.2, 0.25) is 0 Å². The summed E-state index contributed by atoms with van der Waals surface area (Å²) in [6.45, 7) is 4.88. The zero-order chi connectivity index (χ0) is 5.98. The number of aromatic nitrogens is 2. The van der Waals surface area contributed by atoms with E-state index in [2.05, 4.69) is 23.8 Å². The van der Waals surface area contributed by atoms with Gasteiger partial charge in [0, 0.05) is 12.4 Å². The summed E-state index contributed by atoms with van der Waals surface area (Å²) in [6.07, 6.45) is 3.77. The molecule has 0 spiro atoms. The van der Waals surface area contributed by atoms with Crippen molar-refractivity contribution in [3.8, 4) is 0 Å². The first kappa shape index (κ1) is 5.41. The summed E-state index contributed by atoms with van der Waals surface area (Å²) in [5, 5.41) is 6.58. The first-order valence-corrected chi connectivity index (χ1v) is 2.79. The molecule has 0 bridgehead atoms. The lowest BCUT2D eigenvalue weighted by atomic mass is 9.50. The van der Waals surface area contributed by atoms with Crippen LogP contribution in [-0.2, 0) is 0 Å². The minimum absolute atomic E-state index is 0.591. The van der Waals surface area contributed by atoms with Crippen LogP contribution in [0.15, 0.2) is 12.4 Å². The van der Waals surface area contributed by atoms with Crippen LogP contribution in [-0.4, -0.2) is 16.9 Å². The van der Waals surface area contributed by atoms with E-state index < -0.39 is 0 Å². The third-order valence-electron chi connectivity index (χ3n) is 1.19. The average molecular weight is 108 g/mol. The summed E-state index contributed by atoms with van der Waals surface area (Å²) < 4.78 is 0. The van der Waals surface area contributed by atoms with Gasteiger partial charge in [-0.3, -0.25) is 5.10 Å². The molecular weight excluding hydrogens is 98.9 g/mol. The molecule has 1 rings (SSSR count). The topological polar surface area (TPSA) is 28.7 Å². The van der Waals surface area contributed by atoms with Gasteiger partial charge in [-0.15, -0.1) is 0 Å². The van der Waals surface area contributed by atoms with E-state index in [4.69, 9.17) is 0 Å². The van der Waals surface area contributed by atoms with Crippen molar-refractivity contribution in [1.29, 1.82) is 0 Å². The van der Waals surface area contributed by atoms with Crippen molar-refractivity contribution >= 4 is 12.2 Å². The molecule has 0 saturated carbocycles. The summed E-state index contributed by atoms with van der Waals surface area (Å²) in [4.78, 5) is 0. The Hall–Kier alpha value is -0.725. The second-order valence-corrected chi connectivity index (χ2v) is 2.19. The summed E-state index contributed by atoms with van der Waals surface area (Å²) in [7, 11) is 0. The number of aromatic amines is 1. The molecule has 0 aliphatic heterocycles. The lowest BCUT2D eigenvalue weighted by molar-refractivity contribution is 1.09. The summed E-state index contributed by atoms with van der Waals surface area (Å²) in [5.41, 5.74) is 1.27. The maximum absolute atomic E-state index is 3.82. The predicted octanol–water partition coefficient (Wildman–Crippen LogP) is 0.371. The molecule has 3 heteroatoms. The Morgan fingerprint density at radius 3 is 2.62 bits per heavy atom. The Morgan fingerprint density at radius 2 is 2.38 bits per heavy atom. The van der Waals surface area contributed by atoms with E-state index >= 15 is 0 Å². The minimum Gasteiger partial charge on any atom is -0.286 e. The van der Waals surface area contributed by atoms with Crippen molar-refractivity contribution in [2.24, 2.45) is 0 Å². The standard InChI is InChI=1S/C5H9BN2/c1-6(2)5-3-7-8-4-5/h3-4H,1-2H3,(H,7,8). The number of nitrogens with zero attached hydrogens (tertiary/aromatic N) is 1. The van der Waals surface area contributed by atoms with Gasteiger partial charge in [0.15, 0.2) is 6.71 Å². The average Bonchev–Trinajstić information content (AvgIpc) is 2.12. The molecule has 1 heterocycles. The molecule has 0 amide bonds. The summed E-state index contributed by atoms with van der Waals surface area (Å²) in [6, 6.07) is 0. The minimum atomic E-state index is 0.591. The maximum Gasteiger partial charge on any atom is 0.173 e. The third-order valence-corrected chi connectivity index (χ3v) is 1.19. The number of nitrogens with one attached hydrogen (secondary N) is 1. The highest BCUT2D eigenvalue weighted by atomic mass is 15.1. The molecule has 8 heavy (non-hydrogen) atoms. The molecule has 0 radical (unpaired) electrons. The zero-order valence-corrected chi connectivity index (χ0v) is 5.18. The van der Waals surface area contributed by atoms with Crippen LogP contribution >= 0.6 is 0 Å². The molecule has 42 valence electrons. The lowest BCUT2D eigenvalue weighted by Gasteiger charge is -1.89. The van der Waals surface area contributed by atoms with Gasteiger partial charge in [0.25, 0.3) is 0 Å². The second kappa shape index (κ2) is 2.03. The largest absolute Gasteiger partial charge is 0.286 e. The number of rotatable bonds is 1. The molecular formula is C5H9BN2. The molecule has 0 fully saturated rings. The maximum atomic E-state index is 3.82. The predicted molar refractivity (Wildman–Crippen MR) is 35.7 cm³/mol. The van der Waals surface area contributed by atoms with Gasteiger partial charge in [-0.25, -0.2) is 0 Å². The Morgan fingerprint density at radius 1 is 1.62 bits per heavy atom. The highest BCUT2D eigenvalue weighted by molar-refractivity contribution is 6.70. The molecule has 0 atom stereocenters. The molecule has 1 aromatic rings. The van der Waals surface area contributed by atoms with Gasteiger partial charge in [0.1, 0.15) is 0 Å². The molecule has 0 aliphatic carbocycles. The monoisotopic (exact) mass is 108 g/mol. The first-order valence-electron chi connectivity index (χ1n) is 2.79. The second-order valence-electron chi connectivity index (χ2n) is 2.19. The van der Waals surface area contributed by atoms with Crippen LogP contribution < -0.4 is 5.46 Å². The highest BCUT2D eigenvalue weighted by Crippen LogP contribution is 1.79. The normalized spacial score (nSPS) is 9.25.